The van der Waals surface area contributed by atoms with Crippen LogP contribution in [0.2, 0.25) is 0 Å². The number of aromatic nitrogens is 1. The van der Waals surface area contributed by atoms with Crippen LogP contribution in [-0.4, -0.2) is 10.1 Å². The normalized spacial score (nSPS) is 12.4. The molecule has 17 heavy (non-hydrogen) atoms. The maximum atomic E-state index is 9.95. The van der Waals surface area contributed by atoms with Crippen molar-refractivity contribution < 1.29 is 5.11 Å². The van der Waals surface area contributed by atoms with E-state index in [9.17, 15) is 5.11 Å². The van der Waals surface area contributed by atoms with Crippen molar-refractivity contribution in [2.45, 2.75) is 29.4 Å². The molecule has 0 amide bonds. The fraction of sp³-hybridized carbons (Fsp3) is 0.214. The van der Waals surface area contributed by atoms with E-state index >= 15 is 0 Å². The molecule has 0 bridgehead atoms. The van der Waals surface area contributed by atoms with Crippen LogP contribution < -0.4 is 0 Å². The topological polar surface area (TPSA) is 33.1 Å². The Balaban J connectivity index is 2.27. The zero-order valence-electron chi connectivity index (χ0n) is 9.71. The van der Waals surface area contributed by atoms with Crippen molar-refractivity contribution in [3.05, 3.63) is 54.2 Å². The van der Waals surface area contributed by atoms with Gasteiger partial charge in [0.05, 0.1) is 6.10 Å². The van der Waals surface area contributed by atoms with E-state index in [-0.39, 0.29) is 0 Å². The summed E-state index contributed by atoms with van der Waals surface area (Å²) in [5, 5.41) is 10.9. The molecular formula is C14H15NOS. The predicted octanol–water partition coefficient (Wildman–Crippen LogP) is 3.68. The molecule has 0 saturated carbocycles. The summed E-state index contributed by atoms with van der Waals surface area (Å²) in [5.74, 6) is 0. The molecule has 1 aromatic carbocycles. The number of rotatable bonds is 4. The van der Waals surface area contributed by atoms with E-state index in [2.05, 4.69) is 4.98 Å². The summed E-state index contributed by atoms with van der Waals surface area (Å²) in [6.45, 7) is 1.98. The molecule has 0 aliphatic rings. The van der Waals surface area contributed by atoms with Crippen molar-refractivity contribution in [1.82, 2.24) is 4.98 Å². The first-order valence-electron chi connectivity index (χ1n) is 5.67. The van der Waals surface area contributed by atoms with Gasteiger partial charge in [-0.25, -0.2) is 4.98 Å². The number of nitrogens with zero attached hydrogens (tertiary/aromatic N) is 1. The van der Waals surface area contributed by atoms with Crippen molar-refractivity contribution in [1.29, 1.82) is 0 Å². The highest BCUT2D eigenvalue weighted by Gasteiger charge is 2.11. The Morgan fingerprint density at radius 3 is 2.65 bits per heavy atom. The van der Waals surface area contributed by atoms with Gasteiger partial charge in [0.2, 0.25) is 0 Å². The van der Waals surface area contributed by atoms with Crippen molar-refractivity contribution in [2.75, 3.05) is 0 Å². The lowest BCUT2D eigenvalue weighted by Gasteiger charge is -2.12. The summed E-state index contributed by atoms with van der Waals surface area (Å²) in [6.07, 6.45) is 2.10. The van der Waals surface area contributed by atoms with Gasteiger partial charge in [0, 0.05) is 11.1 Å². The average Bonchev–Trinajstić information content (AvgIpc) is 2.40. The van der Waals surface area contributed by atoms with Crippen LogP contribution in [0.15, 0.2) is 58.6 Å². The van der Waals surface area contributed by atoms with E-state index in [1.807, 2.05) is 49.4 Å². The van der Waals surface area contributed by atoms with Gasteiger partial charge in [-0.05, 0) is 30.2 Å². The molecule has 2 aromatic rings. The second-order valence-corrected chi connectivity index (χ2v) is 4.79. The Morgan fingerprint density at radius 2 is 1.94 bits per heavy atom. The minimum absolute atomic E-state index is 0.401. The lowest BCUT2D eigenvalue weighted by atomic mass is 10.1. The number of aliphatic hydroxyl groups is 1. The molecule has 0 unspecified atom stereocenters. The van der Waals surface area contributed by atoms with Gasteiger partial charge < -0.3 is 5.11 Å². The second kappa shape index (κ2) is 5.84. The van der Waals surface area contributed by atoms with Crippen LogP contribution in [0, 0.1) is 0 Å². The first-order chi connectivity index (χ1) is 8.31. The van der Waals surface area contributed by atoms with Crippen LogP contribution in [-0.2, 0) is 0 Å². The third-order valence-electron chi connectivity index (χ3n) is 2.52. The molecule has 2 rings (SSSR count). The molecule has 1 aromatic heterocycles. The van der Waals surface area contributed by atoms with Crippen LogP contribution in [0.25, 0.3) is 0 Å². The van der Waals surface area contributed by atoms with Gasteiger partial charge in [0.25, 0.3) is 0 Å². The zero-order chi connectivity index (χ0) is 12.1. The quantitative estimate of drug-likeness (QED) is 0.892. The molecule has 1 N–H and O–H groups in total. The average molecular weight is 245 g/mol. The molecule has 0 spiro atoms. The third-order valence-corrected chi connectivity index (χ3v) is 3.56. The summed E-state index contributed by atoms with van der Waals surface area (Å²) < 4.78 is 0. The molecule has 1 atom stereocenters. The zero-order valence-corrected chi connectivity index (χ0v) is 10.5. The van der Waals surface area contributed by atoms with Gasteiger partial charge in [0.1, 0.15) is 5.03 Å². The molecule has 0 saturated heterocycles. The molecule has 88 valence electrons. The van der Waals surface area contributed by atoms with E-state index in [1.165, 1.54) is 0 Å². The maximum absolute atomic E-state index is 9.95. The Bertz CT molecular complexity index is 473. The molecule has 0 aliphatic carbocycles. The second-order valence-electron chi connectivity index (χ2n) is 3.73. The van der Waals surface area contributed by atoms with Gasteiger partial charge >= 0.3 is 0 Å². The largest absolute Gasteiger partial charge is 0.388 e. The number of aliphatic hydroxyl groups excluding tert-OH is 1. The number of hydrogen-bond donors (Lipinski definition) is 1. The van der Waals surface area contributed by atoms with Gasteiger partial charge in [-0.15, -0.1) is 0 Å². The van der Waals surface area contributed by atoms with Crippen LogP contribution in [0.3, 0.4) is 0 Å². The molecule has 0 radical (unpaired) electrons. The standard InChI is InChI=1S/C14H15NOS/c1-2-12(16)11-7-3-4-8-13(11)17-14-9-5-6-10-15-14/h3-10,12,16H,2H2,1H3/t12-/m0/s1. The fourth-order valence-corrected chi connectivity index (χ4v) is 2.54. The molecule has 3 heteroatoms. The summed E-state index contributed by atoms with van der Waals surface area (Å²) in [6, 6.07) is 13.8. The lowest BCUT2D eigenvalue weighted by molar-refractivity contribution is 0.171. The van der Waals surface area contributed by atoms with Gasteiger partial charge in [-0.3, -0.25) is 0 Å². The van der Waals surface area contributed by atoms with Gasteiger partial charge in [-0.2, -0.15) is 0 Å². The SMILES string of the molecule is CC[C@H](O)c1ccccc1Sc1ccccn1. The highest BCUT2D eigenvalue weighted by atomic mass is 32.2. The number of hydrogen-bond acceptors (Lipinski definition) is 3. The highest BCUT2D eigenvalue weighted by Crippen LogP contribution is 2.32. The summed E-state index contributed by atoms with van der Waals surface area (Å²) in [5.41, 5.74) is 0.977. The first-order valence-corrected chi connectivity index (χ1v) is 6.48. The fourth-order valence-electron chi connectivity index (χ4n) is 1.59. The Kier molecular flexibility index (Phi) is 4.18. The van der Waals surface area contributed by atoms with Gasteiger partial charge in [-0.1, -0.05) is 43.0 Å². The number of benzene rings is 1. The van der Waals surface area contributed by atoms with E-state index in [4.69, 9.17) is 0 Å². The highest BCUT2D eigenvalue weighted by molar-refractivity contribution is 7.99. The van der Waals surface area contributed by atoms with Crippen molar-refractivity contribution >= 4 is 11.8 Å². The monoisotopic (exact) mass is 245 g/mol. The van der Waals surface area contributed by atoms with E-state index in [1.54, 1.807) is 18.0 Å². The van der Waals surface area contributed by atoms with Crippen LogP contribution in [0.5, 0.6) is 0 Å². The summed E-state index contributed by atoms with van der Waals surface area (Å²) in [7, 11) is 0. The minimum Gasteiger partial charge on any atom is -0.388 e. The van der Waals surface area contributed by atoms with E-state index in [0.29, 0.717) is 0 Å². The minimum atomic E-state index is -0.401. The number of pyridine rings is 1. The summed E-state index contributed by atoms with van der Waals surface area (Å²) >= 11 is 1.59. The molecular weight excluding hydrogens is 230 g/mol. The third kappa shape index (κ3) is 3.08. The van der Waals surface area contributed by atoms with Crippen LogP contribution >= 0.6 is 11.8 Å². The first kappa shape index (κ1) is 12.1. The Hall–Kier alpha value is -1.32. The lowest BCUT2D eigenvalue weighted by Crippen LogP contribution is -1.97. The van der Waals surface area contributed by atoms with Crippen molar-refractivity contribution in [3.63, 3.8) is 0 Å². The Morgan fingerprint density at radius 1 is 1.18 bits per heavy atom. The van der Waals surface area contributed by atoms with Crippen LogP contribution in [0.4, 0.5) is 0 Å². The smallest absolute Gasteiger partial charge is 0.101 e. The van der Waals surface area contributed by atoms with Gasteiger partial charge in [0.15, 0.2) is 0 Å². The van der Waals surface area contributed by atoms with Crippen molar-refractivity contribution in [3.8, 4) is 0 Å². The maximum Gasteiger partial charge on any atom is 0.101 e. The predicted molar refractivity (Wildman–Crippen MR) is 70.1 cm³/mol. The molecule has 1 heterocycles. The van der Waals surface area contributed by atoms with E-state index in [0.717, 1.165) is 21.9 Å². The van der Waals surface area contributed by atoms with E-state index < -0.39 is 6.10 Å². The Labute approximate surface area is 106 Å². The van der Waals surface area contributed by atoms with Crippen molar-refractivity contribution in [2.24, 2.45) is 0 Å². The molecule has 0 fully saturated rings. The van der Waals surface area contributed by atoms with Crippen LogP contribution in [0.1, 0.15) is 25.0 Å². The summed E-state index contributed by atoms with van der Waals surface area (Å²) in [4.78, 5) is 5.35. The molecule has 0 aliphatic heterocycles. The molecule has 2 nitrogen and oxygen atoms in total.